The van der Waals surface area contributed by atoms with Crippen molar-refractivity contribution >= 4 is 5.91 Å². The summed E-state index contributed by atoms with van der Waals surface area (Å²) in [6, 6.07) is 6.29. The zero-order valence-corrected chi connectivity index (χ0v) is 14.9. The van der Waals surface area contributed by atoms with Gasteiger partial charge < -0.3 is 13.9 Å². The predicted octanol–water partition coefficient (Wildman–Crippen LogP) is 3.35. The van der Waals surface area contributed by atoms with Gasteiger partial charge >= 0.3 is 0 Å². The van der Waals surface area contributed by atoms with Crippen LogP contribution >= 0.6 is 0 Å². The van der Waals surface area contributed by atoms with Gasteiger partial charge in [0.25, 0.3) is 0 Å². The molecule has 1 saturated heterocycles. The molecule has 1 unspecified atom stereocenters. The van der Waals surface area contributed by atoms with Gasteiger partial charge in [-0.1, -0.05) is 12.1 Å². The van der Waals surface area contributed by atoms with E-state index in [-0.39, 0.29) is 24.3 Å². The summed E-state index contributed by atoms with van der Waals surface area (Å²) in [6.07, 6.45) is 10.1. The maximum absolute atomic E-state index is 13.4. The number of benzene rings is 1. The molecule has 7 heteroatoms. The maximum atomic E-state index is 13.4. The molecule has 0 radical (unpaired) electrons. The molecule has 1 amide bonds. The number of carbonyl (C=O) groups excluding carboxylic acids is 1. The van der Waals surface area contributed by atoms with Gasteiger partial charge in [0.15, 0.2) is 0 Å². The highest BCUT2D eigenvalue weighted by atomic mass is 19.1. The Kier molecular flexibility index (Phi) is 5.00. The van der Waals surface area contributed by atoms with Crippen LogP contribution in [0, 0.1) is 5.82 Å². The first kappa shape index (κ1) is 17.5. The minimum Gasteiger partial charge on any atom is -0.443 e. The van der Waals surface area contributed by atoms with Crippen molar-refractivity contribution in [3.05, 3.63) is 72.2 Å². The number of hydrogen-bond donors (Lipinski definition) is 0. The lowest BCUT2D eigenvalue weighted by atomic mass is 10.0. The van der Waals surface area contributed by atoms with Crippen molar-refractivity contribution in [2.24, 2.45) is 0 Å². The Balaban J connectivity index is 1.48. The van der Waals surface area contributed by atoms with Gasteiger partial charge in [0.05, 0.1) is 12.5 Å². The lowest BCUT2D eigenvalue weighted by Gasteiger charge is -2.33. The minimum absolute atomic E-state index is 0.0302. The Bertz CT molecular complexity index is 906. The van der Waals surface area contributed by atoms with Crippen LogP contribution < -0.4 is 0 Å². The number of rotatable bonds is 5. The van der Waals surface area contributed by atoms with E-state index in [1.54, 1.807) is 35.6 Å². The van der Waals surface area contributed by atoms with Crippen molar-refractivity contribution in [3.8, 4) is 0 Å². The largest absolute Gasteiger partial charge is 0.443 e. The molecule has 6 nitrogen and oxygen atoms in total. The number of imidazole rings is 1. The topological polar surface area (TPSA) is 64.2 Å². The summed E-state index contributed by atoms with van der Waals surface area (Å²) in [5.74, 6) is 0.988. The molecule has 3 aromatic rings. The number of halogens is 1. The average molecular weight is 368 g/mol. The number of aromatic nitrogens is 3. The Hall–Kier alpha value is -2.96. The Morgan fingerprint density at radius 2 is 2.26 bits per heavy atom. The summed E-state index contributed by atoms with van der Waals surface area (Å²) in [7, 11) is 0. The number of piperidine rings is 1. The lowest BCUT2D eigenvalue weighted by Crippen LogP contribution is -2.40. The Morgan fingerprint density at radius 1 is 1.33 bits per heavy atom. The molecule has 1 aliphatic heterocycles. The summed E-state index contributed by atoms with van der Waals surface area (Å²) in [5, 5.41) is 0. The third-order valence-electron chi connectivity index (χ3n) is 4.82. The molecule has 0 N–H and O–H groups in total. The molecule has 1 aliphatic rings. The lowest BCUT2D eigenvalue weighted by molar-refractivity contribution is -0.136. The van der Waals surface area contributed by atoms with E-state index in [2.05, 4.69) is 9.97 Å². The molecule has 0 spiro atoms. The van der Waals surface area contributed by atoms with Crippen LogP contribution in [0.4, 0.5) is 4.39 Å². The van der Waals surface area contributed by atoms with Gasteiger partial charge in [-0.15, -0.1) is 0 Å². The van der Waals surface area contributed by atoms with Gasteiger partial charge in [0.1, 0.15) is 24.2 Å². The van der Waals surface area contributed by atoms with E-state index >= 15 is 0 Å². The molecule has 27 heavy (non-hydrogen) atoms. The van der Waals surface area contributed by atoms with Gasteiger partial charge in [0.2, 0.25) is 11.8 Å². The summed E-state index contributed by atoms with van der Waals surface area (Å²) >= 11 is 0. The van der Waals surface area contributed by atoms with Crippen molar-refractivity contribution in [2.75, 3.05) is 6.54 Å². The fourth-order valence-electron chi connectivity index (χ4n) is 3.52. The van der Waals surface area contributed by atoms with E-state index in [4.69, 9.17) is 4.42 Å². The maximum Gasteiger partial charge on any atom is 0.243 e. The molecule has 2 aromatic heterocycles. The zero-order valence-electron chi connectivity index (χ0n) is 14.9. The van der Waals surface area contributed by atoms with E-state index < -0.39 is 0 Å². The molecule has 1 atom stereocenters. The smallest absolute Gasteiger partial charge is 0.243 e. The van der Waals surface area contributed by atoms with E-state index in [0.29, 0.717) is 24.6 Å². The summed E-state index contributed by atoms with van der Waals surface area (Å²) in [6.45, 7) is 0.952. The van der Waals surface area contributed by atoms with Gasteiger partial charge in [-0.05, 0) is 37.0 Å². The van der Waals surface area contributed by atoms with Crippen molar-refractivity contribution in [3.63, 3.8) is 0 Å². The van der Waals surface area contributed by atoms with Crippen LogP contribution in [-0.2, 0) is 17.8 Å². The molecular weight excluding hydrogens is 347 g/mol. The van der Waals surface area contributed by atoms with Crippen molar-refractivity contribution in [1.82, 2.24) is 19.4 Å². The van der Waals surface area contributed by atoms with Crippen LogP contribution in [-0.4, -0.2) is 31.9 Å². The zero-order chi connectivity index (χ0) is 18.6. The van der Waals surface area contributed by atoms with Crippen molar-refractivity contribution in [2.45, 2.75) is 38.3 Å². The van der Waals surface area contributed by atoms with Gasteiger partial charge in [-0.3, -0.25) is 4.79 Å². The van der Waals surface area contributed by atoms with E-state index in [1.165, 1.54) is 12.1 Å². The van der Waals surface area contributed by atoms with Crippen LogP contribution in [0.15, 0.2) is 53.6 Å². The van der Waals surface area contributed by atoms with Crippen molar-refractivity contribution < 1.29 is 13.6 Å². The highest BCUT2D eigenvalue weighted by Crippen LogP contribution is 2.31. The van der Waals surface area contributed by atoms with Crippen LogP contribution in [0.25, 0.3) is 0 Å². The molecule has 3 heterocycles. The van der Waals surface area contributed by atoms with E-state index in [1.807, 2.05) is 11.0 Å². The summed E-state index contributed by atoms with van der Waals surface area (Å²) in [4.78, 5) is 23.0. The van der Waals surface area contributed by atoms with E-state index in [9.17, 15) is 9.18 Å². The highest BCUT2D eigenvalue weighted by Gasteiger charge is 2.31. The Labute approximate surface area is 156 Å². The minimum atomic E-state index is -0.268. The van der Waals surface area contributed by atoms with Crippen LogP contribution in [0.2, 0.25) is 0 Å². The number of oxazole rings is 1. The van der Waals surface area contributed by atoms with E-state index in [0.717, 1.165) is 24.8 Å². The number of carbonyl (C=O) groups is 1. The summed E-state index contributed by atoms with van der Waals surface area (Å²) in [5.41, 5.74) is 0.828. The van der Waals surface area contributed by atoms with Crippen molar-refractivity contribution in [1.29, 1.82) is 0 Å². The SMILES string of the molecule is O=C(Cn1ccnc1)N1CCCCC1c1ncc(Cc2cccc(F)c2)o1. The average Bonchev–Trinajstić information content (AvgIpc) is 3.34. The number of hydrogen-bond acceptors (Lipinski definition) is 4. The standard InChI is InChI=1S/C20H21FN4O2/c21-16-5-3-4-15(10-16)11-17-12-23-20(27-17)18-6-1-2-8-25(18)19(26)13-24-9-7-22-14-24/h3-5,7,9-10,12,14,18H,1-2,6,8,11,13H2. The normalized spacial score (nSPS) is 17.2. The molecule has 0 bridgehead atoms. The molecular formula is C20H21FN4O2. The second-order valence-electron chi connectivity index (χ2n) is 6.81. The second kappa shape index (κ2) is 7.73. The molecule has 0 saturated carbocycles. The fourth-order valence-corrected chi connectivity index (χ4v) is 3.52. The first-order valence-electron chi connectivity index (χ1n) is 9.13. The van der Waals surface area contributed by atoms with Crippen LogP contribution in [0.3, 0.4) is 0 Å². The van der Waals surface area contributed by atoms with Crippen LogP contribution in [0.1, 0.15) is 42.5 Å². The molecule has 4 rings (SSSR count). The van der Waals surface area contributed by atoms with Gasteiger partial charge in [-0.25, -0.2) is 14.4 Å². The monoisotopic (exact) mass is 368 g/mol. The molecule has 1 aromatic carbocycles. The molecule has 0 aliphatic carbocycles. The van der Waals surface area contributed by atoms with Gasteiger partial charge in [0, 0.05) is 25.4 Å². The quantitative estimate of drug-likeness (QED) is 0.693. The third kappa shape index (κ3) is 4.07. The highest BCUT2D eigenvalue weighted by molar-refractivity contribution is 5.76. The first-order valence-corrected chi connectivity index (χ1v) is 9.13. The number of likely N-dealkylation sites (tertiary alicyclic amines) is 1. The molecule has 1 fully saturated rings. The first-order chi connectivity index (χ1) is 13.2. The van der Waals surface area contributed by atoms with Crippen LogP contribution in [0.5, 0.6) is 0 Å². The predicted molar refractivity (Wildman–Crippen MR) is 96.2 cm³/mol. The fraction of sp³-hybridized carbons (Fsp3) is 0.350. The Morgan fingerprint density at radius 3 is 3.07 bits per heavy atom. The summed E-state index contributed by atoms with van der Waals surface area (Å²) < 4.78 is 21.1. The second-order valence-corrected chi connectivity index (χ2v) is 6.81. The molecule has 140 valence electrons. The number of nitrogens with zero attached hydrogens (tertiary/aromatic N) is 4. The van der Waals surface area contributed by atoms with Gasteiger partial charge in [-0.2, -0.15) is 0 Å². The number of amides is 1. The third-order valence-corrected chi connectivity index (χ3v) is 4.82.